The number of hydrazine groups is 1. The Morgan fingerprint density at radius 1 is 1.08 bits per heavy atom. The van der Waals surface area contributed by atoms with Crippen LogP contribution in [0.2, 0.25) is 0 Å². The van der Waals surface area contributed by atoms with Gasteiger partial charge in [0.15, 0.2) is 0 Å². The standard InChI is InChI=1S/C18H24N2OS.C9H12F4O3S/c1-2-3-12-21-17-11-10-16(14-7-4-5-8-15(14)17)20(19)18-9-6-13-22-18;10-8(11,9(12,13)17(14,15)16)7-4-5-1-2-6(7)3-5/h4-5,7-8,10-11,18H,2-3,6,9,12-13,19H2,1H3;5-7H,1-4H2,(H,14,15,16). The van der Waals surface area contributed by atoms with Gasteiger partial charge in [-0.05, 0) is 68.2 Å². The Balaban J connectivity index is 0.000000187. The number of anilines is 1. The van der Waals surface area contributed by atoms with E-state index in [0.29, 0.717) is 18.2 Å². The van der Waals surface area contributed by atoms with E-state index in [2.05, 4.69) is 43.3 Å². The summed E-state index contributed by atoms with van der Waals surface area (Å²) in [5.74, 6) is 1.62. The van der Waals surface area contributed by atoms with E-state index in [0.717, 1.165) is 49.1 Å². The van der Waals surface area contributed by atoms with Gasteiger partial charge in [-0.15, -0.1) is 11.8 Å². The van der Waals surface area contributed by atoms with Crippen LogP contribution in [0, 0.1) is 17.8 Å². The molecule has 2 aromatic carbocycles. The van der Waals surface area contributed by atoms with E-state index in [9.17, 15) is 26.0 Å². The van der Waals surface area contributed by atoms with Crippen LogP contribution in [0.5, 0.6) is 5.75 Å². The molecular weight excluding hydrogens is 556 g/mol. The third kappa shape index (κ3) is 6.13. The Labute approximate surface area is 231 Å². The van der Waals surface area contributed by atoms with E-state index in [1.165, 1.54) is 17.6 Å². The maximum Gasteiger partial charge on any atom is 0.431 e. The minimum absolute atomic E-state index is 0.0203. The first-order valence-electron chi connectivity index (χ1n) is 13.4. The average molecular weight is 593 g/mol. The Morgan fingerprint density at radius 2 is 1.79 bits per heavy atom. The summed E-state index contributed by atoms with van der Waals surface area (Å²) in [7, 11) is -6.10. The molecule has 0 spiro atoms. The highest BCUT2D eigenvalue weighted by molar-refractivity contribution is 8.00. The minimum Gasteiger partial charge on any atom is -0.493 e. The quantitative estimate of drug-likeness (QED) is 0.106. The molecule has 2 aromatic rings. The molecule has 39 heavy (non-hydrogen) atoms. The van der Waals surface area contributed by atoms with Crippen molar-refractivity contribution in [2.24, 2.45) is 23.6 Å². The predicted molar refractivity (Wildman–Crippen MR) is 147 cm³/mol. The number of hydrogen-bond acceptors (Lipinski definition) is 6. The molecule has 2 bridgehead atoms. The molecule has 3 fully saturated rings. The first kappa shape index (κ1) is 30.2. The number of fused-ring (bicyclic) bond motifs is 3. The lowest BCUT2D eigenvalue weighted by molar-refractivity contribution is -0.202. The Bertz CT molecular complexity index is 1240. The molecule has 2 aliphatic carbocycles. The van der Waals surface area contributed by atoms with Crippen molar-refractivity contribution in [3.63, 3.8) is 0 Å². The molecule has 4 unspecified atom stereocenters. The van der Waals surface area contributed by atoms with Crippen molar-refractivity contribution in [1.82, 2.24) is 0 Å². The lowest BCUT2D eigenvalue weighted by atomic mass is 9.84. The van der Waals surface area contributed by atoms with Crippen LogP contribution in [-0.4, -0.2) is 41.9 Å². The highest BCUT2D eigenvalue weighted by atomic mass is 32.2. The van der Waals surface area contributed by atoms with Gasteiger partial charge in [-0.25, -0.2) is 5.84 Å². The maximum absolute atomic E-state index is 13.6. The second-order valence-corrected chi connectivity index (χ2v) is 13.4. The number of alkyl halides is 4. The van der Waals surface area contributed by atoms with Crippen LogP contribution in [0.15, 0.2) is 36.4 Å². The number of benzene rings is 2. The number of ether oxygens (including phenoxy) is 1. The first-order chi connectivity index (χ1) is 18.4. The summed E-state index contributed by atoms with van der Waals surface area (Å²) < 4.78 is 88.3. The lowest BCUT2D eigenvalue weighted by Crippen LogP contribution is -2.52. The van der Waals surface area contributed by atoms with Crippen LogP contribution in [-0.2, 0) is 10.1 Å². The number of nitrogens with zero attached hydrogens (tertiary/aromatic N) is 1. The lowest BCUT2D eigenvalue weighted by Gasteiger charge is -2.33. The molecule has 3 aliphatic rings. The third-order valence-electron chi connectivity index (χ3n) is 8.03. The molecule has 0 aromatic heterocycles. The molecule has 1 aliphatic heterocycles. The van der Waals surface area contributed by atoms with Crippen molar-refractivity contribution < 1.29 is 35.3 Å². The van der Waals surface area contributed by atoms with Gasteiger partial charge in [0, 0.05) is 16.7 Å². The van der Waals surface area contributed by atoms with Crippen LogP contribution >= 0.6 is 11.8 Å². The fraction of sp³-hybridized carbons (Fsp3) is 0.630. The zero-order valence-corrected chi connectivity index (χ0v) is 23.5. The van der Waals surface area contributed by atoms with Gasteiger partial charge >= 0.3 is 21.3 Å². The van der Waals surface area contributed by atoms with E-state index in [-0.39, 0.29) is 12.3 Å². The van der Waals surface area contributed by atoms with Crippen LogP contribution in [0.3, 0.4) is 0 Å². The summed E-state index contributed by atoms with van der Waals surface area (Å²) in [6.07, 6.45) is 6.14. The van der Waals surface area contributed by atoms with Gasteiger partial charge in [-0.1, -0.05) is 44.0 Å². The smallest absolute Gasteiger partial charge is 0.431 e. The largest absolute Gasteiger partial charge is 0.493 e. The van der Waals surface area contributed by atoms with E-state index in [1.807, 2.05) is 16.8 Å². The van der Waals surface area contributed by atoms with E-state index in [4.69, 9.17) is 15.1 Å². The van der Waals surface area contributed by atoms with Crippen molar-refractivity contribution in [2.75, 3.05) is 17.4 Å². The monoisotopic (exact) mass is 592 g/mol. The number of unbranched alkanes of at least 4 members (excludes halogenated alkanes) is 1. The van der Waals surface area contributed by atoms with Crippen molar-refractivity contribution >= 4 is 38.3 Å². The third-order valence-corrected chi connectivity index (χ3v) is 10.3. The van der Waals surface area contributed by atoms with E-state index >= 15 is 0 Å². The molecule has 0 radical (unpaired) electrons. The zero-order valence-electron chi connectivity index (χ0n) is 21.9. The van der Waals surface area contributed by atoms with Gasteiger partial charge < -0.3 is 4.74 Å². The first-order valence-corrected chi connectivity index (χ1v) is 15.9. The molecule has 5 rings (SSSR count). The number of rotatable bonds is 9. The Hall–Kier alpha value is -1.76. The number of thioether (sulfide) groups is 1. The normalized spacial score (nSPS) is 25.0. The molecule has 1 heterocycles. The molecule has 3 N–H and O–H groups in total. The topological polar surface area (TPSA) is 92.9 Å². The summed E-state index contributed by atoms with van der Waals surface area (Å²) in [6.45, 7) is 2.95. The van der Waals surface area contributed by atoms with Crippen LogP contribution in [0.4, 0.5) is 23.2 Å². The summed E-state index contributed by atoms with van der Waals surface area (Å²) in [5, 5.41) is -0.762. The number of halogens is 4. The molecule has 218 valence electrons. The molecule has 2 saturated carbocycles. The molecule has 4 atom stereocenters. The fourth-order valence-corrected chi connectivity index (χ4v) is 7.65. The van der Waals surface area contributed by atoms with Gasteiger partial charge in [0.1, 0.15) is 5.75 Å². The highest BCUT2D eigenvalue weighted by Crippen LogP contribution is 2.58. The maximum atomic E-state index is 13.6. The van der Waals surface area contributed by atoms with Crippen molar-refractivity contribution in [1.29, 1.82) is 0 Å². The second-order valence-electron chi connectivity index (χ2n) is 10.6. The molecule has 12 heteroatoms. The number of nitrogens with two attached hydrogens (primary N) is 1. The van der Waals surface area contributed by atoms with Crippen molar-refractivity contribution in [3.8, 4) is 5.75 Å². The second kappa shape index (κ2) is 12.0. The summed E-state index contributed by atoms with van der Waals surface area (Å²) in [5.41, 5.74) is 1.10. The van der Waals surface area contributed by atoms with Gasteiger partial charge in [-0.3, -0.25) is 9.56 Å². The Morgan fingerprint density at radius 3 is 2.36 bits per heavy atom. The van der Waals surface area contributed by atoms with Crippen LogP contribution < -0.4 is 15.6 Å². The highest BCUT2D eigenvalue weighted by Gasteiger charge is 2.71. The minimum atomic E-state index is -6.10. The summed E-state index contributed by atoms with van der Waals surface area (Å²) in [4.78, 5) is 0. The Kier molecular flexibility index (Phi) is 9.29. The SMILES string of the molecule is CCCCOc1ccc(N(N)C2CCCS2)c2ccccc12.O=S(=O)(O)C(F)(F)C(F)(F)C1CC2CCC1C2. The average Bonchev–Trinajstić information content (AvgIpc) is 3.67. The van der Waals surface area contributed by atoms with Crippen LogP contribution in [0.25, 0.3) is 10.8 Å². The number of hydrogen-bond donors (Lipinski definition) is 2. The van der Waals surface area contributed by atoms with Crippen LogP contribution in [0.1, 0.15) is 58.3 Å². The van der Waals surface area contributed by atoms with Gasteiger partial charge in [0.2, 0.25) is 0 Å². The molecule has 0 amide bonds. The van der Waals surface area contributed by atoms with Gasteiger partial charge in [0.25, 0.3) is 0 Å². The van der Waals surface area contributed by atoms with Gasteiger partial charge in [-0.2, -0.15) is 26.0 Å². The summed E-state index contributed by atoms with van der Waals surface area (Å²) >= 11 is 1.94. The zero-order chi connectivity index (χ0) is 28.4. The van der Waals surface area contributed by atoms with Crippen molar-refractivity contribution in [3.05, 3.63) is 36.4 Å². The van der Waals surface area contributed by atoms with Crippen molar-refractivity contribution in [2.45, 2.75) is 74.8 Å². The molecule has 1 saturated heterocycles. The van der Waals surface area contributed by atoms with E-state index in [1.54, 1.807) is 0 Å². The van der Waals surface area contributed by atoms with E-state index < -0.39 is 33.1 Å². The van der Waals surface area contributed by atoms with Gasteiger partial charge in [0.05, 0.1) is 17.7 Å². The summed E-state index contributed by atoms with van der Waals surface area (Å²) in [6, 6.07) is 12.5. The molecular formula is C27H36F4N2O4S2. The fourth-order valence-electron chi connectivity index (χ4n) is 5.94. The molecule has 6 nitrogen and oxygen atoms in total. The predicted octanol–water partition coefficient (Wildman–Crippen LogP) is 7.09.